The van der Waals surface area contributed by atoms with Crippen LogP contribution in [0.25, 0.3) is 55.7 Å². The highest BCUT2D eigenvalue weighted by atomic mass is 32.2. The Labute approximate surface area is 240 Å². The Bertz CT molecular complexity index is 2090. The summed E-state index contributed by atoms with van der Waals surface area (Å²) in [6.07, 6.45) is 8.38. The van der Waals surface area contributed by atoms with Crippen LogP contribution in [0.15, 0.2) is 67.3 Å². The normalized spacial score (nSPS) is 11.8. The molecule has 6 rings (SSSR count). The topological polar surface area (TPSA) is 146 Å². The van der Waals surface area contributed by atoms with Crippen molar-refractivity contribution in [3.8, 4) is 33.6 Å². The summed E-state index contributed by atoms with van der Waals surface area (Å²) in [4.78, 5) is 28.4. The molecule has 0 aliphatic carbocycles. The molecule has 1 aromatic carbocycles. The Balaban J connectivity index is 1.39. The number of hydrogen-bond donors (Lipinski definition) is 3. The summed E-state index contributed by atoms with van der Waals surface area (Å²) >= 11 is 0. The SMILES string of the molecule is CCC(=O)Nc1cncc(-c2cnc3n[nH]c(-c4cc5c(-c6cc(F)cc(CCS(C)(=O)=O)c6)ccnc5[nH]4)c3c2)c1. The quantitative estimate of drug-likeness (QED) is 0.220. The summed E-state index contributed by atoms with van der Waals surface area (Å²) < 4.78 is 37.9. The fourth-order valence-electron chi connectivity index (χ4n) is 4.85. The van der Waals surface area contributed by atoms with E-state index in [1.54, 1.807) is 37.8 Å². The fraction of sp³-hybridized carbons (Fsp3) is 0.167. The number of benzene rings is 1. The fourth-order valence-corrected chi connectivity index (χ4v) is 5.45. The lowest BCUT2D eigenvalue weighted by Crippen LogP contribution is -2.09. The van der Waals surface area contributed by atoms with Crippen molar-refractivity contribution in [3.05, 3.63) is 78.6 Å². The molecule has 0 saturated carbocycles. The second-order valence-electron chi connectivity index (χ2n) is 10.1. The number of amides is 1. The molecular formula is C30H26FN7O3S. The Morgan fingerprint density at radius 3 is 2.62 bits per heavy atom. The lowest BCUT2D eigenvalue weighted by molar-refractivity contribution is -0.115. The minimum atomic E-state index is -3.19. The van der Waals surface area contributed by atoms with Crippen molar-refractivity contribution >= 4 is 43.5 Å². The third-order valence-corrected chi connectivity index (χ3v) is 7.86. The molecule has 6 aromatic rings. The predicted octanol–water partition coefficient (Wildman–Crippen LogP) is 5.30. The minimum absolute atomic E-state index is 0.0629. The largest absolute Gasteiger partial charge is 0.338 e. The molecule has 0 aliphatic rings. The molecule has 1 amide bonds. The number of aryl methyl sites for hydroxylation is 1. The number of anilines is 1. The van der Waals surface area contributed by atoms with Crippen LogP contribution in [0.5, 0.6) is 0 Å². The van der Waals surface area contributed by atoms with Crippen molar-refractivity contribution in [2.75, 3.05) is 17.3 Å². The highest BCUT2D eigenvalue weighted by Gasteiger charge is 2.16. The molecule has 0 spiro atoms. The van der Waals surface area contributed by atoms with Crippen LogP contribution < -0.4 is 5.32 Å². The molecule has 5 heterocycles. The molecule has 5 aromatic heterocycles. The molecule has 3 N–H and O–H groups in total. The lowest BCUT2D eigenvalue weighted by Gasteiger charge is -2.07. The van der Waals surface area contributed by atoms with Crippen molar-refractivity contribution in [1.29, 1.82) is 0 Å². The average molecular weight is 584 g/mol. The minimum Gasteiger partial charge on any atom is -0.338 e. The van der Waals surface area contributed by atoms with E-state index in [2.05, 4.69) is 35.5 Å². The van der Waals surface area contributed by atoms with Crippen LogP contribution in [0.4, 0.5) is 10.1 Å². The molecule has 0 aliphatic heterocycles. The molecule has 212 valence electrons. The first kappa shape index (κ1) is 27.2. The molecule has 12 heteroatoms. The summed E-state index contributed by atoms with van der Waals surface area (Å²) in [7, 11) is -3.19. The van der Waals surface area contributed by atoms with Gasteiger partial charge in [0.05, 0.1) is 29.0 Å². The highest BCUT2D eigenvalue weighted by Crippen LogP contribution is 2.35. The van der Waals surface area contributed by atoms with Gasteiger partial charge in [0.1, 0.15) is 21.3 Å². The molecule has 0 unspecified atom stereocenters. The van der Waals surface area contributed by atoms with Crippen LogP contribution in [0, 0.1) is 5.82 Å². The van der Waals surface area contributed by atoms with Crippen molar-refractivity contribution < 1.29 is 17.6 Å². The Kier molecular flexibility index (Phi) is 6.99. The zero-order chi connectivity index (χ0) is 29.4. The van der Waals surface area contributed by atoms with Gasteiger partial charge in [0.15, 0.2) is 5.65 Å². The second kappa shape index (κ2) is 10.8. The van der Waals surface area contributed by atoms with Gasteiger partial charge < -0.3 is 10.3 Å². The highest BCUT2D eigenvalue weighted by molar-refractivity contribution is 7.90. The zero-order valence-electron chi connectivity index (χ0n) is 22.8. The van der Waals surface area contributed by atoms with E-state index in [4.69, 9.17) is 0 Å². The monoisotopic (exact) mass is 583 g/mol. The van der Waals surface area contributed by atoms with Gasteiger partial charge in [-0.1, -0.05) is 13.0 Å². The maximum atomic E-state index is 14.6. The number of aromatic nitrogens is 6. The summed E-state index contributed by atoms with van der Waals surface area (Å²) in [5.74, 6) is -0.607. The number of nitrogens with one attached hydrogen (secondary N) is 3. The molecule has 0 fully saturated rings. The van der Waals surface area contributed by atoms with E-state index in [0.717, 1.165) is 27.5 Å². The van der Waals surface area contributed by atoms with E-state index < -0.39 is 15.7 Å². The number of nitrogens with zero attached hydrogens (tertiary/aromatic N) is 4. The van der Waals surface area contributed by atoms with Gasteiger partial charge in [-0.2, -0.15) is 5.10 Å². The average Bonchev–Trinajstić information content (AvgIpc) is 3.59. The number of carbonyl (C=O) groups excluding carboxylic acids is 1. The summed E-state index contributed by atoms with van der Waals surface area (Å²) in [5, 5.41) is 11.8. The number of sulfone groups is 1. The van der Waals surface area contributed by atoms with E-state index in [0.29, 0.717) is 45.9 Å². The first-order valence-electron chi connectivity index (χ1n) is 13.2. The molecule has 42 heavy (non-hydrogen) atoms. The number of halogens is 1. The van der Waals surface area contributed by atoms with Crippen LogP contribution in [-0.2, 0) is 21.1 Å². The summed E-state index contributed by atoms with van der Waals surface area (Å²) in [6, 6.07) is 12.1. The Morgan fingerprint density at radius 2 is 1.81 bits per heavy atom. The van der Waals surface area contributed by atoms with E-state index >= 15 is 0 Å². The van der Waals surface area contributed by atoms with Crippen LogP contribution in [0.3, 0.4) is 0 Å². The smallest absolute Gasteiger partial charge is 0.224 e. The maximum Gasteiger partial charge on any atom is 0.224 e. The van der Waals surface area contributed by atoms with Gasteiger partial charge in [-0.3, -0.25) is 14.9 Å². The first-order chi connectivity index (χ1) is 20.2. The third-order valence-electron chi connectivity index (χ3n) is 6.92. The van der Waals surface area contributed by atoms with Crippen LogP contribution in [-0.4, -0.2) is 56.5 Å². The van der Waals surface area contributed by atoms with E-state index in [-0.39, 0.29) is 18.1 Å². The third kappa shape index (κ3) is 5.61. The standard InChI is InChI=1S/C30H26FN7O3S/c1-3-27(39)35-22-11-19(14-32-16-22)20-12-25-28(37-38-30(25)34-15-20)26-13-24-23(4-6-33-29(24)36-26)18-8-17(9-21(31)10-18)5-7-42(2,40)41/h4,6,8-16H,3,5,7H2,1-2H3,(H,33,36)(H,35,39)(H,34,37,38). The predicted molar refractivity (Wildman–Crippen MR) is 160 cm³/mol. The van der Waals surface area contributed by atoms with Crippen LogP contribution in [0.1, 0.15) is 18.9 Å². The molecule has 10 nitrogen and oxygen atoms in total. The van der Waals surface area contributed by atoms with Crippen LogP contribution >= 0.6 is 0 Å². The maximum absolute atomic E-state index is 14.6. The zero-order valence-corrected chi connectivity index (χ0v) is 23.6. The number of H-pyrrole nitrogens is 2. The summed E-state index contributed by atoms with van der Waals surface area (Å²) in [5.41, 5.74) is 6.66. The van der Waals surface area contributed by atoms with Gasteiger partial charge in [0, 0.05) is 53.2 Å². The van der Waals surface area contributed by atoms with Gasteiger partial charge in [-0.25, -0.2) is 22.8 Å². The van der Waals surface area contributed by atoms with Crippen molar-refractivity contribution in [2.45, 2.75) is 19.8 Å². The van der Waals surface area contributed by atoms with E-state index in [9.17, 15) is 17.6 Å². The van der Waals surface area contributed by atoms with Crippen LogP contribution in [0.2, 0.25) is 0 Å². The van der Waals surface area contributed by atoms with E-state index in [1.165, 1.54) is 18.4 Å². The van der Waals surface area contributed by atoms with Crippen molar-refractivity contribution in [2.24, 2.45) is 0 Å². The molecule has 0 radical (unpaired) electrons. The lowest BCUT2D eigenvalue weighted by atomic mass is 10.00. The Hall–Kier alpha value is -4.97. The number of aromatic amines is 2. The molecule has 0 bridgehead atoms. The number of rotatable bonds is 8. The Morgan fingerprint density at radius 1 is 0.976 bits per heavy atom. The second-order valence-corrected chi connectivity index (χ2v) is 12.3. The van der Waals surface area contributed by atoms with E-state index in [1.807, 2.05) is 24.3 Å². The number of carbonyl (C=O) groups is 1. The summed E-state index contributed by atoms with van der Waals surface area (Å²) in [6.45, 7) is 1.78. The van der Waals surface area contributed by atoms with Gasteiger partial charge in [0.25, 0.3) is 0 Å². The number of fused-ring (bicyclic) bond motifs is 2. The number of hydrogen-bond acceptors (Lipinski definition) is 7. The van der Waals surface area contributed by atoms with Crippen molar-refractivity contribution in [1.82, 2.24) is 30.1 Å². The van der Waals surface area contributed by atoms with Crippen molar-refractivity contribution in [3.63, 3.8) is 0 Å². The van der Waals surface area contributed by atoms with Gasteiger partial charge in [-0.05, 0) is 59.5 Å². The molecular weight excluding hydrogens is 557 g/mol. The first-order valence-corrected chi connectivity index (χ1v) is 15.3. The van der Waals surface area contributed by atoms with Gasteiger partial charge >= 0.3 is 0 Å². The number of pyridine rings is 3. The van der Waals surface area contributed by atoms with Gasteiger partial charge in [0.2, 0.25) is 5.91 Å². The molecule has 0 saturated heterocycles. The molecule has 0 atom stereocenters. The van der Waals surface area contributed by atoms with Gasteiger partial charge in [-0.15, -0.1) is 0 Å².